The number of nitrogens with zero attached hydrogens (tertiary/aromatic N) is 2. The summed E-state index contributed by atoms with van der Waals surface area (Å²) in [6.45, 7) is 0.530. The molecule has 0 unspecified atom stereocenters. The largest absolute Gasteiger partial charge is 0.393 e. The SMILES string of the molecule is NC(=O)c1c(-c2ccccc2)nn(CC2CCCCC2)c(=O)c1N. The Bertz CT molecular complexity index is 793. The molecule has 1 aliphatic carbocycles. The van der Waals surface area contributed by atoms with Crippen molar-refractivity contribution in [3.05, 3.63) is 46.2 Å². The number of hydrogen-bond acceptors (Lipinski definition) is 4. The van der Waals surface area contributed by atoms with E-state index in [1.807, 2.05) is 30.3 Å². The van der Waals surface area contributed by atoms with Crippen LogP contribution in [0.5, 0.6) is 0 Å². The molecule has 0 bridgehead atoms. The number of hydrogen-bond donors (Lipinski definition) is 2. The molecule has 1 aromatic heterocycles. The molecule has 0 aliphatic heterocycles. The summed E-state index contributed by atoms with van der Waals surface area (Å²) in [5.74, 6) is -0.313. The van der Waals surface area contributed by atoms with Gasteiger partial charge >= 0.3 is 0 Å². The van der Waals surface area contributed by atoms with Crippen molar-refractivity contribution >= 4 is 11.6 Å². The number of primary amides is 1. The van der Waals surface area contributed by atoms with Crippen molar-refractivity contribution in [3.8, 4) is 11.3 Å². The number of benzene rings is 1. The van der Waals surface area contributed by atoms with Crippen LogP contribution in [0, 0.1) is 5.92 Å². The summed E-state index contributed by atoms with van der Waals surface area (Å²) in [4.78, 5) is 24.3. The first-order valence-corrected chi connectivity index (χ1v) is 8.33. The Morgan fingerprint density at radius 2 is 1.83 bits per heavy atom. The van der Waals surface area contributed by atoms with Gasteiger partial charge in [0.05, 0.1) is 5.56 Å². The van der Waals surface area contributed by atoms with Gasteiger partial charge in [-0.15, -0.1) is 0 Å². The average molecular weight is 326 g/mol. The molecule has 1 aliphatic rings. The summed E-state index contributed by atoms with van der Waals surface area (Å²) in [7, 11) is 0. The van der Waals surface area contributed by atoms with E-state index in [1.165, 1.54) is 23.9 Å². The minimum atomic E-state index is -0.735. The molecule has 1 aromatic carbocycles. The molecule has 1 fully saturated rings. The predicted molar refractivity (Wildman–Crippen MR) is 93.4 cm³/mol. The third-order valence-corrected chi connectivity index (χ3v) is 4.64. The minimum Gasteiger partial charge on any atom is -0.393 e. The van der Waals surface area contributed by atoms with Gasteiger partial charge in [-0.1, -0.05) is 49.6 Å². The Balaban J connectivity index is 2.09. The normalized spacial score (nSPS) is 15.3. The molecule has 1 heterocycles. The molecule has 4 N–H and O–H groups in total. The van der Waals surface area contributed by atoms with E-state index in [1.54, 1.807) is 0 Å². The van der Waals surface area contributed by atoms with Crippen molar-refractivity contribution in [2.24, 2.45) is 11.7 Å². The maximum absolute atomic E-state index is 12.5. The number of anilines is 1. The van der Waals surface area contributed by atoms with Gasteiger partial charge in [0.1, 0.15) is 11.4 Å². The van der Waals surface area contributed by atoms with Crippen LogP contribution in [0.25, 0.3) is 11.3 Å². The Labute approximate surface area is 140 Å². The highest BCUT2D eigenvalue weighted by atomic mass is 16.1. The summed E-state index contributed by atoms with van der Waals surface area (Å²) in [5, 5.41) is 4.44. The highest BCUT2D eigenvalue weighted by Crippen LogP contribution is 2.26. The van der Waals surface area contributed by atoms with Crippen LogP contribution in [0.15, 0.2) is 35.1 Å². The predicted octanol–water partition coefficient (Wildman–Crippen LogP) is 2.17. The lowest BCUT2D eigenvalue weighted by Gasteiger charge is -2.22. The third kappa shape index (κ3) is 3.18. The van der Waals surface area contributed by atoms with Crippen LogP contribution < -0.4 is 17.0 Å². The summed E-state index contributed by atoms with van der Waals surface area (Å²) in [6.07, 6.45) is 5.79. The monoisotopic (exact) mass is 326 g/mol. The zero-order valence-electron chi connectivity index (χ0n) is 13.6. The molecule has 0 atom stereocenters. The lowest BCUT2D eigenvalue weighted by atomic mass is 9.89. The molecule has 0 radical (unpaired) electrons. The van der Waals surface area contributed by atoms with Crippen LogP contribution >= 0.6 is 0 Å². The molecular formula is C18H22N4O2. The first-order chi connectivity index (χ1) is 11.6. The Kier molecular flexibility index (Phi) is 4.64. The van der Waals surface area contributed by atoms with E-state index in [-0.39, 0.29) is 11.3 Å². The number of carbonyl (C=O) groups excluding carboxylic acids is 1. The van der Waals surface area contributed by atoms with Crippen molar-refractivity contribution in [2.75, 3.05) is 5.73 Å². The van der Waals surface area contributed by atoms with E-state index in [4.69, 9.17) is 11.5 Å². The van der Waals surface area contributed by atoms with Crippen LogP contribution in [0.3, 0.4) is 0 Å². The van der Waals surface area contributed by atoms with E-state index in [0.717, 1.165) is 18.4 Å². The van der Waals surface area contributed by atoms with Gasteiger partial charge in [0.15, 0.2) is 0 Å². The molecule has 1 saturated carbocycles. The van der Waals surface area contributed by atoms with E-state index in [2.05, 4.69) is 5.10 Å². The highest BCUT2D eigenvalue weighted by Gasteiger charge is 2.22. The maximum Gasteiger partial charge on any atom is 0.290 e. The standard InChI is InChI=1S/C18H22N4O2/c19-15-14(17(20)23)16(13-9-5-2-6-10-13)21-22(18(15)24)11-12-7-3-1-4-8-12/h2,5-6,9-10,12H,1,3-4,7-8,11,19H2,(H2,20,23). The smallest absolute Gasteiger partial charge is 0.290 e. The van der Waals surface area contributed by atoms with Crippen LogP contribution in [-0.4, -0.2) is 15.7 Å². The van der Waals surface area contributed by atoms with Crippen LogP contribution in [0.2, 0.25) is 0 Å². The fraction of sp³-hybridized carbons (Fsp3) is 0.389. The Morgan fingerprint density at radius 3 is 2.46 bits per heavy atom. The molecule has 2 aromatic rings. The highest BCUT2D eigenvalue weighted by molar-refractivity contribution is 6.03. The molecule has 126 valence electrons. The average Bonchev–Trinajstić information content (AvgIpc) is 2.60. The Morgan fingerprint density at radius 1 is 1.17 bits per heavy atom. The topological polar surface area (TPSA) is 104 Å². The molecule has 0 saturated heterocycles. The minimum absolute atomic E-state index is 0.00564. The van der Waals surface area contributed by atoms with Gasteiger partial charge < -0.3 is 11.5 Å². The first-order valence-electron chi connectivity index (χ1n) is 8.33. The maximum atomic E-state index is 12.5. The number of rotatable bonds is 4. The van der Waals surface area contributed by atoms with Gasteiger partial charge in [0, 0.05) is 12.1 Å². The fourth-order valence-corrected chi connectivity index (χ4v) is 3.38. The fourth-order valence-electron chi connectivity index (χ4n) is 3.38. The van der Waals surface area contributed by atoms with Gasteiger partial charge in [0.2, 0.25) is 0 Å². The van der Waals surface area contributed by atoms with Crippen molar-refractivity contribution in [2.45, 2.75) is 38.6 Å². The van der Waals surface area contributed by atoms with Crippen molar-refractivity contribution in [3.63, 3.8) is 0 Å². The molecule has 24 heavy (non-hydrogen) atoms. The summed E-state index contributed by atoms with van der Waals surface area (Å²) in [6, 6.07) is 9.20. The molecule has 6 heteroatoms. The molecule has 6 nitrogen and oxygen atoms in total. The van der Waals surface area contributed by atoms with E-state index in [0.29, 0.717) is 18.2 Å². The molecule has 0 spiro atoms. The summed E-state index contributed by atoms with van der Waals surface area (Å²) in [5.41, 5.74) is 11.9. The van der Waals surface area contributed by atoms with E-state index >= 15 is 0 Å². The number of aromatic nitrogens is 2. The number of carbonyl (C=O) groups is 1. The quantitative estimate of drug-likeness (QED) is 0.898. The zero-order valence-corrected chi connectivity index (χ0v) is 13.6. The summed E-state index contributed by atoms with van der Waals surface area (Å²) < 4.78 is 1.40. The third-order valence-electron chi connectivity index (χ3n) is 4.64. The number of amides is 1. The van der Waals surface area contributed by atoms with Crippen LogP contribution in [-0.2, 0) is 6.54 Å². The lowest BCUT2D eigenvalue weighted by Crippen LogP contribution is -2.33. The Hall–Kier alpha value is -2.63. The van der Waals surface area contributed by atoms with Crippen LogP contribution in [0.4, 0.5) is 5.69 Å². The number of nitrogens with two attached hydrogens (primary N) is 2. The van der Waals surface area contributed by atoms with Gasteiger partial charge in [0.25, 0.3) is 11.5 Å². The molecular weight excluding hydrogens is 304 g/mol. The first kappa shape index (κ1) is 16.2. The van der Waals surface area contributed by atoms with Gasteiger partial charge in [-0.05, 0) is 18.8 Å². The second-order valence-electron chi connectivity index (χ2n) is 6.36. The summed E-state index contributed by atoms with van der Waals surface area (Å²) >= 11 is 0. The van der Waals surface area contributed by atoms with Crippen molar-refractivity contribution in [1.29, 1.82) is 0 Å². The van der Waals surface area contributed by atoms with Crippen LogP contribution in [0.1, 0.15) is 42.5 Å². The van der Waals surface area contributed by atoms with Gasteiger partial charge in [-0.25, -0.2) is 4.68 Å². The molecule has 3 rings (SSSR count). The second-order valence-corrected chi connectivity index (χ2v) is 6.36. The van der Waals surface area contributed by atoms with Gasteiger partial charge in [-0.3, -0.25) is 9.59 Å². The zero-order chi connectivity index (χ0) is 17.1. The second kappa shape index (κ2) is 6.86. The number of nitrogen functional groups attached to an aromatic ring is 1. The van der Waals surface area contributed by atoms with E-state index < -0.39 is 11.5 Å². The lowest BCUT2D eigenvalue weighted by molar-refractivity contribution is 0.100. The van der Waals surface area contributed by atoms with E-state index in [9.17, 15) is 9.59 Å². The van der Waals surface area contributed by atoms with Gasteiger partial charge in [-0.2, -0.15) is 5.10 Å². The van der Waals surface area contributed by atoms with Crippen molar-refractivity contribution in [1.82, 2.24) is 9.78 Å². The van der Waals surface area contributed by atoms with Crippen molar-refractivity contribution < 1.29 is 4.79 Å². The molecule has 1 amide bonds.